The average Bonchev–Trinajstić information content (AvgIpc) is 3.41. The topological polar surface area (TPSA) is 119 Å². The Hall–Kier alpha value is -3.95. The first kappa shape index (κ1) is 22.3. The van der Waals surface area contributed by atoms with E-state index in [0.29, 0.717) is 10.7 Å². The van der Waals surface area contributed by atoms with Gasteiger partial charge in [-0.3, -0.25) is 20.2 Å². The summed E-state index contributed by atoms with van der Waals surface area (Å²) in [6, 6.07) is 4.51. The Morgan fingerprint density at radius 3 is 2.85 bits per heavy atom. The van der Waals surface area contributed by atoms with E-state index in [4.69, 9.17) is 11.6 Å². The van der Waals surface area contributed by atoms with E-state index >= 15 is 0 Å². The maximum atomic E-state index is 12.9. The first-order valence-corrected chi connectivity index (χ1v) is 10.3. The van der Waals surface area contributed by atoms with Gasteiger partial charge in [0.1, 0.15) is 10.8 Å². The normalized spacial score (nSPS) is 10.6. The van der Waals surface area contributed by atoms with E-state index in [9.17, 15) is 13.6 Å². The molecule has 0 spiro atoms. The summed E-state index contributed by atoms with van der Waals surface area (Å²) in [4.78, 5) is 20.7. The number of ether oxygens (including phenoxy) is 1. The fraction of sp³-hybridized carbons (Fsp3) is 0.100. The third-order valence-corrected chi connectivity index (χ3v) is 5.02. The van der Waals surface area contributed by atoms with E-state index in [1.807, 2.05) is 6.92 Å². The lowest BCUT2D eigenvalue weighted by atomic mass is 10.0. The maximum absolute atomic E-state index is 12.9. The Bertz CT molecular complexity index is 1380. The second kappa shape index (κ2) is 9.68. The van der Waals surface area contributed by atoms with E-state index in [1.165, 1.54) is 24.5 Å². The Morgan fingerprint density at radius 1 is 1.24 bits per heavy atom. The number of aromatic nitrogens is 6. The van der Waals surface area contributed by atoms with Crippen LogP contribution in [0.2, 0.25) is 5.15 Å². The van der Waals surface area contributed by atoms with Gasteiger partial charge >= 0.3 is 6.61 Å². The number of aromatic amines is 1. The molecule has 166 valence electrons. The van der Waals surface area contributed by atoms with Gasteiger partial charge in [0.2, 0.25) is 5.13 Å². The Balaban J connectivity index is 1.59. The minimum absolute atomic E-state index is 0.0290. The van der Waals surface area contributed by atoms with E-state index < -0.39 is 12.5 Å². The van der Waals surface area contributed by atoms with Crippen LogP contribution in [-0.2, 0) is 0 Å². The van der Waals surface area contributed by atoms with Crippen LogP contribution in [0, 0.1) is 18.8 Å². The van der Waals surface area contributed by atoms with E-state index in [-0.39, 0.29) is 32.7 Å². The molecule has 0 aliphatic rings. The molecule has 1 amide bonds. The molecule has 4 heterocycles. The number of carbonyl (C=O) groups excluding carboxylic acids is 1. The van der Waals surface area contributed by atoms with Crippen molar-refractivity contribution >= 4 is 34.0 Å². The number of H-pyrrole nitrogens is 1. The zero-order chi connectivity index (χ0) is 23.4. The molecule has 0 aromatic carbocycles. The number of hydrogen-bond acceptors (Lipinski definition) is 8. The molecule has 0 bridgehead atoms. The zero-order valence-electron chi connectivity index (χ0n) is 16.6. The van der Waals surface area contributed by atoms with Crippen molar-refractivity contribution in [3.8, 4) is 28.7 Å². The van der Waals surface area contributed by atoms with Crippen molar-refractivity contribution in [2.75, 3.05) is 5.32 Å². The lowest BCUT2D eigenvalue weighted by molar-refractivity contribution is -0.0496. The molecular formula is C20H12ClF2N7O2S. The number of nitrogens with one attached hydrogen (secondary N) is 2. The second-order valence-electron chi connectivity index (χ2n) is 6.36. The van der Waals surface area contributed by atoms with Crippen molar-refractivity contribution in [1.82, 2.24) is 30.4 Å². The van der Waals surface area contributed by atoms with Gasteiger partial charge in [-0.2, -0.15) is 13.9 Å². The number of amides is 1. The van der Waals surface area contributed by atoms with E-state index in [2.05, 4.69) is 52.3 Å². The number of nitrogens with zero attached hydrogens (tertiary/aromatic N) is 5. The van der Waals surface area contributed by atoms with Gasteiger partial charge in [-0.15, -0.1) is 10.2 Å². The number of aryl methyl sites for hydroxylation is 1. The summed E-state index contributed by atoms with van der Waals surface area (Å²) in [6.45, 7) is -1.24. The van der Waals surface area contributed by atoms with Crippen LogP contribution in [0.5, 0.6) is 5.75 Å². The number of carbonyl (C=O) groups is 1. The number of halogens is 3. The summed E-state index contributed by atoms with van der Waals surface area (Å²) in [5, 5.41) is 17.8. The fourth-order valence-electron chi connectivity index (χ4n) is 2.71. The molecule has 4 aromatic rings. The molecule has 0 saturated heterocycles. The third-order valence-electron chi connectivity index (χ3n) is 4.05. The van der Waals surface area contributed by atoms with Gasteiger partial charge in [0.25, 0.3) is 5.91 Å². The molecule has 4 aromatic heterocycles. The monoisotopic (exact) mass is 487 g/mol. The summed E-state index contributed by atoms with van der Waals surface area (Å²) >= 11 is 6.99. The van der Waals surface area contributed by atoms with Crippen molar-refractivity contribution in [1.29, 1.82) is 0 Å². The van der Waals surface area contributed by atoms with Crippen molar-refractivity contribution in [3.05, 3.63) is 63.9 Å². The van der Waals surface area contributed by atoms with Crippen LogP contribution < -0.4 is 10.1 Å². The number of pyridine rings is 2. The van der Waals surface area contributed by atoms with Crippen LogP contribution in [0.3, 0.4) is 0 Å². The van der Waals surface area contributed by atoms with Crippen LogP contribution in [0.1, 0.15) is 26.8 Å². The highest BCUT2D eigenvalue weighted by Crippen LogP contribution is 2.34. The lowest BCUT2D eigenvalue weighted by Crippen LogP contribution is -2.13. The molecule has 2 N–H and O–H groups in total. The van der Waals surface area contributed by atoms with Crippen LogP contribution >= 0.6 is 22.9 Å². The number of hydrogen-bond donors (Lipinski definition) is 2. The summed E-state index contributed by atoms with van der Waals surface area (Å²) in [6.07, 6.45) is 3.77. The zero-order valence-corrected chi connectivity index (χ0v) is 18.2. The fourth-order valence-corrected chi connectivity index (χ4v) is 3.46. The smallest absolute Gasteiger partial charge is 0.387 e. The van der Waals surface area contributed by atoms with E-state index in [0.717, 1.165) is 23.2 Å². The Labute approximate surface area is 194 Å². The van der Waals surface area contributed by atoms with Gasteiger partial charge in [0, 0.05) is 29.2 Å². The second-order valence-corrected chi connectivity index (χ2v) is 7.72. The van der Waals surface area contributed by atoms with Crippen LogP contribution in [0.4, 0.5) is 13.9 Å². The van der Waals surface area contributed by atoms with Crippen molar-refractivity contribution in [2.45, 2.75) is 13.5 Å². The molecule has 33 heavy (non-hydrogen) atoms. The molecule has 0 atom stereocenters. The molecule has 0 saturated carbocycles. The molecular weight excluding hydrogens is 476 g/mol. The standard InChI is InChI=1S/C20H12ClF2N7O2S/c1-10-6-11(28-27-10)2-3-17-29-30-20(33-17)26-18(31)12-4-5-24-8-14(12)13-7-16(21)25-9-15(13)32-19(22)23/h4-9,19H,1H3,(H,27,28)(H,26,30,31). The first-order chi connectivity index (χ1) is 15.9. The van der Waals surface area contributed by atoms with Crippen molar-refractivity contribution in [3.63, 3.8) is 0 Å². The molecule has 9 nitrogen and oxygen atoms in total. The van der Waals surface area contributed by atoms with Crippen LogP contribution in [0.25, 0.3) is 11.1 Å². The Morgan fingerprint density at radius 2 is 2.09 bits per heavy atom. The molecule has 0 fully saturated rings. The highest BCUT2D eigenvalue weighted by molar-refractivity contribution is 7.15. The lowest BCUT2D eigenvalue weighted by Gasteiger charge is -2.13. The SMILES string of the molecule is Cc1cc(C#Cc2nnc(NC(=O)c3ccncc3-c3cc(Cl)ncc3OC(F)F)s2)n[nH]1. The Kier molecular flexibility index (Phi) is 6.53. The van der Waals surface area contributed by atoms with Crippen LogP contribution in [0.15, 0.2) is 36.8 Å². The quantitative estimate of drug-likeness (QED) is 0.323. The predicted molar refractivity (Wildman–Crippen MR) is 116 cm³/mol. The predicted octanol–water partition coefficient (Wildman–Crippen LogP) is 3.93. The summed E-state index contributed by atoms with van der Waals surface area (Å²) in [5.74, 6) is 4.84. The van der Waals surface area contributed by atoms with Gasteiger partial charge in [0.15, 0.2) is 10.8 Å². The van der Waals surface area contributed by atoms with Gasteiger partial charge in [-0.25, -0.2) is 4.98 Å². The van der Waals surface area contributed by atoms with Gasteiger partial charge in [0.05, 0.1) is 11.8 Å². The minimum Gasteiger partial charge on any atom is -0.433 e. The highest BCUT2D eigenvalue weighted by atomic mass is 35.5. The van der Waals surface area contributed by atoms with E-state index in [1.54, 1.807) is 6.07 Å². The first-order valence-electron chi connectivity index (χ1n) is 9.12. The number of rotatable bonds is 5. The molecule has 0 unspecified atom stereocenters. The minimum atomic E-state index is -3.09. The number of alkyl halides is 2. The summed E-state index contributed by atoms with van der Waals surface area (Å²) in [7, 11) is 0. The molecule has 0 aliphatic carbocycles. The van der Waals surface area contributed by atoms with Gasteiger partial charge < -0.3 is 4.74 Å². The summed E-state index contributed by atoms with van der Waals surface area (Å²) in [5.41, 5.74) is 1.89. The molecule has 4 rings (SSSR count). The highest BCUT2D eigenvalue weighted by Gasteiger charge is 2.20. The molecule has 13 heteroatoms. The van der Waals surface area contributed by atoms with Crippen molar-refractivity contribution in [2.24, 2.45) is 0 Å². The largest absolute Gasteiger partial charge is 0.433 e. The maximum Gasteiger partial charge on any atom is 0.387 e. The van der Waals surface area contributed by atoms with Gasteiger partial charge in [-0.05, 0) is 37.0 Å². The van der Waals surface area contributed by atoms with Crippen molar-refractivity contribution < 1.29 is 18.3 Å². The summed E-state index contributed by atoms with van der Waals surface area (Å²) < 4.78 is 30.2. The number of anilines is 1. The van der Waals surface area contributed by atoms with Gasteiger partial charge in [-0.1, -0.05) is 22.9 Å². The molecule has 0 aliphatic heterocycles. The molecule has 0 radical (unpaired) electrons. The van der Waals surface area contributed by atoms with Crippen LogP contribution in [-0.4, -0.2) is 42.9 Å². The third kappa shape index (κ3) is 5.46. The average molecular weight is 488 g/mol.